The summed E-state index contributed by atoms with van der Waals surface area (Å²) in [5.74, 6) is 1.33. The smallest absolute Gasteiger partial charge is 0.308 e. The first-order chi connectivity index (χ1) is 11.3. The van der Waals surface area contributed by atoms with Gasteiger partial charge in [0.1, 0.15) is 6.61 Å². The lowest BCUT2D eigenvalue weighted by molar-refractivity contribution is -0.170. The first-order valence-electron chi connectivity index (χ1n) is 7.55. The summed E-state index contributed by atoms with van der Waals surface area (Å²) < 4.78 is 22.3. The van der Waals surface area contributed by atoms with Gasteiger partial charge in [0.2, 0.25) is 5.75 Å². The van der Waals surface area contributed by atoms with Crippen molar-refractivity contribution in [3.8, 4) is 17.2 Å². The average molecular weight is 314 g/mol. The largest absolute Gasteiger partial charge is 0.485 e. The summed E-state index contributed by atoms with van der Waals surface area (Å²) in [6.45, 7) is 2.31. The van der Waals surface area contributed by atoms with E-state index in [-0.39, 0.29) is 12.6 Å². The number of ether oxygens (including phenoxy) is 4. The van der Waals surface area contributed by atoms with Gasteiger partial charge >= 0.3 is 5.97 Å². The van der Waals surface area contributed by atoms with Gasteiger partial charge in [-0.15, -0.1) is 0 Å². The van der Waals surface area contributed by atoms with Gasteiger partial charge in [-0.25, -0.2) is 0 Å². The number of rotatable bonds is 5. The number of para-hydroxylation sites is 1. The Hall–Kier alpha value is -2.69. The van der Waals surface area contributed by atoms with Gasteiger partial charge in [0, 0.05) is 6.42 Å². The van der Waals surface area contributed by atoms with E-state index < -0.39 is 6.29 Å². The van der Waals surface area contributed by atoms with Crippen molar-refractivity contribution in [1.29, 1.82) is 0 Å². The maximum atomic E-state index is 11.3. The van der Waals surface area contributed by atoms with E-state index in [0.29, 0.717) is 30.3 Å². The minimum atomic E-state index is -0.723. The third kappa shape index (κ3) is 3.74. The molecular formula is C18H18O5. The second-order valence-electron chi connectivity index (χ2n) is 5.06. The van der Waals surface area contributed by atoms with Crippen molar-refractivity contribution in [2.75, 3.05) is 6.61 Å². The van der Waals surface area contributed by atoms with Crippen LogP contribution < -0.4 is 14.2 Å². The molecule has 1 aliphatic heterocycles. The number of carbonyl (C=O) groups is 1. The van der Waals surface area contributed by atoms with Crippen LogP contribution in [-0.2, 0) is 16.1 Å². The number of carbonyl (C=O) groups excluding carboxylic acids is 1. The highest BCUT2D eigenvalue weighted by Gasteiger charge is 2.26. The summed E-state index contributed by atoms with van der Waals surface area (Å²) in [5, 5.41) is 0. The normalized spacial score (nSPS) is 15.8. The summed E-state index contributed by atoms with van der Waals surface area (Å²) in [7, 11) is 0. The maximum absolute atomic E-state index is 11.3. The Bertz CT molecular complexity index is 668. The molecule has 0 saturated carbocycles. The number of benzene rings is 2. The van der Waals surface area contributed by atoms with Gasteiger partial charge in [0.05, 0.1) is 0 Å². The topological polar surface area (TPSA) is 54.0 Å². The highest BCUT2D eigenvalue weighted by atomic mass is 16.7. The zero-order chi connectivity index (χ0) is 16.1. The molecule has 3 rings (SSSR count). The average Bonchev–Trinajstić information content (AvgIpc) is 2.60. The molecule has 2 aromatic rings. The molecule has 0 N–H and O–H groups in total. The van der Waals surface area contributed by atoms with Crippen LogP contribution in [-0.4, -0.2) is 18.9 Å². The fourth-order valence-corrected chi connectivity index (χ4v) is 2.19. The molecule has 1 aliphatic rings. The van der Waals surface area contributed by atoms with E-state index in [1.54, 1.807) is 13.0 Å². The molecule has 0 saturated heterocycles. The fraction of sp³-hybridized carbons (Fsp3) is 0.278. The van der Waals surface area contributed by atoms with Gasteiger partial charge in [-0.05, 0) is 17.7 Å². The van der Waals surface area contributed by atoms with Crippen molar-refractivity contribution in [2.45, 2.75) is 26.2 Å². The molecule has 0 aliphatic carbocycles. The molecule has 0 fully saturated rings. The zero-order valence-corrected chi connectivity index (χ0v) is 12.9. The van der Waals surface area contributed by atoms with Crippen molar-refractivity contribution >= 4 is 5.97 Å². The summed E-state index contributed by atoms with van der Waals surface area (Å²) >= 11 is 0. The molecule has 0 bridgehead atoms. The molecule has 0 radical (unpaired) electrons. The van der Waals surface area contributed by atoms with E-state index in [1.165, 1.54) is 0 Å². The number of esters is 1. The van der Waals surface area contributed by atoms with Gasteiger partial charge in [0.25, 0.3) is 6.29 Å². The Morgan fingerprint density at radius 3 is 2.78 bits per heavy atom. The molecular weight excluding hydrogens is 296 g/mol. The first kappa shape index (κ1) is 15.2. The monoisotopic (exact) mass is 314 g/mol. The van der Waals surface area contributed by atoms with Crippen molar-refractivity contribution in [1.82, 2.24) is 0 Å². The lowest BCUT2D eigenvalue weighted by Crippen LogP contribution is -2.33. The SMILES string of the molecule is CCC(=O)OC1COc2c(OCc3ccccc3)cccc2O1. The lowest BCUT2D eigenvalue weighted by atomic mass is 10.2. The molecule has 1 atom stereocenters. The van der Waals surface area contributed by atoms with E-state index >= 15 is 0 Å². The van der Waals surface area contributed by atoms with Crippen molar-refractivity contribution < 1.29 is 23.7 Å². The van der Waals surface area contributed by atoms with E-state index in [0.717, 1.165) is 5.56 Å². The second-order valence-corrected chi connectivity index (χ2v) is 5.06. The van der Waals surface area contributed by atoms with Crippen LogP contribution in [0.2, 0.25) is 0 Å². The molecule has 0 amide bonds. The summed E-state index contributed by atoms with van der Waals surface area (Å²) in [4.78, 5) is 11.3. The van der Waals surface area contributed by atoms with Crippen LogP contribution in [0.15, 0.2) is 48.5 Å². The van der Waals surface area contributed by atoms with Crippen molar-refractivity contribution in [3.05, 3.63) is 54.1 Å². The van der Waals surface area contributed by atoms with Gasteiger partial charge in [-0.1, -0.05) is 43.3 Å². The minimum absolute atomic E-state index is 0.143. The van der Waals surface area contributed by atoms with Gasteiger partial charge in [-0.2, -0.15) is 0 Å². The Balaban J connectivity index is 1.68. The maximum Gasteiger partial charge on any atom is 0.308 e. The van der Waals surface area contributed by atoms with Gasteiger partial charge in [0.15, 0.2) is 18.1 Å². The Labute approximate surface area is 134 Å². The summed E-state index contributed by atoms with van der Waals surface area (Å²) in [6, 6.07) is 15.3. The van der Waals surface area contributed by atoms with E-state index in [2.05, 4.69) is 0 Å². The number of hydrogen-bond acceptors (Lipinski definition) is 5. The zero-order valence-electron chi connectivity index (χ0n) is 12.9. The van der Waals surface area contributed by atoms with Gasteiger partial charge < -0.3 is 18.9 Å². The second kappa shape index (κ2) is 7.05. The standard InChI is InChI=1S/C18H18O5/c1-2-16(19)23-17-12-21-18-14(9-6-10-15(18)22-17)20-11-13-7-4-3-5-8-13/h3-10,17H,2,11-12H2,1H3. The van der Waals surface area contributed by atoms with Crippen LogP contribution in [0.1, 0.15) is 18.9 Å². The molecule has 5 heteroatoms. The predicted octanol–water partition coefficient (Wildman–Crippen LogP) is 3.32. The van der Waals surface area contributed by atoms with Crippen LogP contribution in [0.5, 0.6) is 17.2 Å². The van der Waals surface area contributed by atoms with Crippen LogP contribution in [0.25, 0.3) is 0 Å². The Morgan fingerprint density at radius 2 is 2.00 bits per heavy atom. The molecule has 120 valence electrons. The first-order valence-corrected chi connectivity index (χ1v) is 7.55. The predicted molar refractivity (Wildman–Crippen MR) is 83.5 cm³/mol. The Kier molecular flexibility index (Phi) is 4.66. The van der Waals surface area contributed by atoms with Crippen LogP contribution in [0, 0.1) is 0 Å². The summed E-state index contributed by atoms with van der Waals surface area (Å²) in [6.07, 6.45) is -0.424. The molecule has 1 heterocycles. The van der Waals surface area contributed by atoms with Crippen molar-refractivity contribution in [2.24, 2.45) is 0 Å². The molecule has 23 heavy (non-hydrogen) atoms. The van der Waals surface area contributed by atoms with E-state index in [9.17, 15) is 4.79 Å². The molecule has 2 aromatic carbocycles. The Morgan fingerprint density at radius 1 is 1.17 bits per heavy atom. The molecule has 0 spiro atoms. The number of fused-ring (bicyclic) bond motifs is 1. The van der Waals surface area contributed by atoms with E-state index in [1.807, 2.05) is 42.5 Å². The third-order valence-electron chi connectivity index (χ3n) is 3.35. The van der Waals surface area contributed by atoms with Crippen LogP contribution >= 0.6 is 0 Å². The molecule has 5 nitrogen and oxygen atoms in total. The van der Waals surface area contributed by atoms with Crippen LogP contribution in [0.3, 0.4) is 0 Å². The molecule has 0 aromatic heterocycles. The quantitative estimate of drug-likeness (QED) is 0.793. The third-order valence-corrected chi connectivity index (χ3v) is 3.35. The lowest BCUT2D eigenvalue weighted by Gasteiger charge is -2.27. The van der Waals surface area contributed by atoms with Crippen molar-refractivity contribution in [3.63, 3.8) is 0 Å². The van der Waals surface area contributed by atoms with Crippen LogP contribution in [0.4, 0.5) is 0 Å². The minimum Gasteiger partial charge on any atom is -0.485 e. The fourth-order valence-electron chi connectivity index (χ4n) is 2.19. The summed E-state index contributed by atoms with van der Waals surface area (Å²) in [5.41, 5.74) is 1.07. The van der Waals surface area contributed by atoms with E-state index in [4.69, 9.17) is 18.9 Å². The highest BCUT2D eigenvalue weighted by molar-refractivity contribution is 5.69. The highest BCUT2D eigenvalue weighted by Crippen LogP contribution is 2.40. The molecule has 1 unspecified atom stereocenters. The van der Waals surface area contributed by atoms with Gasteiger partial charge in [-0.3, -0.25) is 4.79 Å². The number of hydrogen-bond donors (Lipinski definition) is 0.